The maximum atomic E-state index is 12.0. The Morgan fingerprint density at radius 3 is 2.31 bits per heavy atom. The second-order valence-electron chi connectivity index (χ2n) is 7.57. The van der Waals surface area contributed by atoms with Crippen LogP contribution in [0.25, 0.3) is 5.69 Å². The first-order chi connectivity index (χ1) is 12.2. The number of benzene rings is 1. The fraction of sp³-hybridized carbons (Fsp3) is 0.474. The van der Waals surface area contributed by atoms with E-state index in [1.54, 1.807) is 12.5 Å². The van der Waals surface area contributed by atoms with Crippen molar-refractivity contribution in [1.29, 1.82) is 0 Å². The van der Waals surface area contributed by atoms with Crippen LogP contribution in [0, 0.1) is 0 Å². The largest absolute Gasteiger partial charge is 0.469 e. The van der Waals surface area contributed by atoms with E-state index < -0.39 is 18.3 Å². The van der Waals surface area contributed by atoms with E-state index in [2.05, 4.69) is 4.98 Å². The second kappa shape index (κ2) is 6.89. The zero-order valence-electron chi connectivity index (χ0n) is 15.9. The third-order valence-electron chi connectivity index (χ3n) is 5.34. The maximum Gasteiger partial charge on any atom is 0.466 e. The van der Waals surface area contributed by atoms with Gasteiger partial charge in [0.2, 0.25) is 0 Å². The highest BCUT2D eigenvalue weighted by atomic mass is 16.7. The van der Waals surface area contributed by atoms with Crippen LogP contribution in [0.1, 0.15) is 45.5 Å². The average Bonchev–Trinajstić information content (AvgIpc) is 3.19. The minimum absolute atomic E-state index is 0.192. The first kappa shape index (κ1) is 18.7. The highest BCUT2D eigenvalue weighted by Crippen LogP contribution is 2.41. The lowest BCUT2D eigenvalue weighted by Gasteiger charge is -2.32. The summed E-state index contributed by atoms with van der Waals surface area (Å²) in [4.78, 5) is 16.0. The molecule has 138 valence electrons. The molecule has 26 heavy (non-hydrogen) atoms. The monoisotopic (exact) mass is 356 g/mol. The van der Waals surface area contributed by atoms with Gasteiger partial charge in [-0.05, 0) is 45.4 Å². The van der Waals surface area contributed by atoms with Crippen LogP contribution in [-0.2, 0) is 18.8 Å². The summed E-state index contributed by atoms with van der Waals surface area (Å²) >= 11 is 0. The van der Waals surface area contributed by atoms with E-state index in [-0.39, 0.29) is 18.2 Å². The number of hydrogen-bond donors (Lipinski definition) is 0. The third kappa shape index (κ3) is 3.55. The SMILES string of the molecule is COC(=O)CC(B1OC(C)(C)C(C)(C)O1)c1ccc(-n2ccnc2)cc1. The molecular weight excluding hydrogens is 331 g/mol. The average molecular weight is 356 g/mol. The van der Waals surface area contributed by atoms with Gasteiger partial charge in [0.25, 0.3) is 0 Å². The van der Waals surface area contributed by atoms with Gasteiger partial charge in [-0.2, -0.15) is 0 Å². The molecule has 1 saturated heterocycles. The Balaban J connectivity index is 1.88. The molecule has 0 amide bonds. The van der Waals surface area contributed by atoms with Gasteiger partial charge in [0, 0.05) is 23.9 Å². The Morgan fingerprint density at radius 1 is 1.19 bits per heavy atom. The van der Waals surface area contributed by atoms with Gasteiger partial charge in [0.1, 0.15) is 0 Å². The highest BCUT2D eigenvalue weighted by Gasteiger charge is 2.54. The van der Waals surface area contributed by atoms with Gasteiger partial charge < -0.3 is 18.6 Å². The molecule has 0 N–H and O–H groups in total. The summed E-state index contributed by atoms with van der Waals surface area (Å²) in [5.41, 5.74) is 1.06. The van der Waals surface area contributed by atoms with Crippen molar-refractivity contribution < 1.29 is 18.8 Å². The lowest BCUT2D eigenvalue weighted by Crippen LogP contribution is -2.41. The smallest absolute Gasteiger partial charge is 0.466 e. The number of rotatable bonds is 5. The van der Waals surface area contributed by atoms with E-state index in [0.29, 0.717) is 0 Å². The van der Waals surface area contributed by atoms with Crippen molar-refractivity contribution in [3.63, 3.8) is 0 Å². The highest BCUT2D eigenvalue weighted by molar-refractivity contribution is 6.48. The van der Waals surface area contributed by atoms with Crippen molar-refractivity contribution in [3.05, 3.63) is 48.5 Å². The van der Waals surface area contributed by atoms with E-state index in [1.165, 1.54) is 7.11 Å². The summed E-state index contributed by atoms with van der Waals surface area (Å²) in [6.07, 6.45) is 5.56. The Morgan fingerprint density at radius 2 is 1.81 bits per heavy atom. The van der Waals surface area contributed by atoms with Crippen molar-refractivity contribution in [3.8, 4) is 5.69 Å². The van der Waals surface area contributed by atoms with Crippen LogP contribution in [0.3, 0.4) is 0 Å². The van der Waals surface area contributed by atoms with Gasteiger partial charge in [-0.1, -0.05) is 12.1 Å². The molecule has 0 aliphatic carbocycles. The molecule has 1 aromatic heterocycles. The molecule has 0 radical (unpaired) electrons. The molecule has 1 unspecified atom stereocenters. The molecule has 3 rings (SSSR count). The van der Waals surface area contributed by atoms with Crippen molar-refractivity contribution in [1.82, 2.24) is 9.55 Å². The van der Waals surface area contributed by atoms with Crippen LogP contribution < -0.4 is 0 Å². The molecule has 6 nitrogen and oxygen atoms in total. The van der Waals surface area contributed by atoms with Crippen LogP contribution in [0.4, 0.5) is 0 Å². The van der Waals surface area contributed by atoms with E-state index in [9.17, 15) is 4.79 Å². The normalized spacial score (nSPS) is 19.3. The third-order valence-corrected chi connectivity index (χ3v) is 5.34. The number of hydrogen-bond acceptors (Lipinski definition) is 5. The van der Waals surface area contributed by atoms with Crippen LogP contribution in [0.2, 0.25) is 0 Å². The lowest BCUT2D eigenvalue weighted by atomic mass is 9.66. The van der Waals surface area contributed by atoms with Gasteiger partial charge >= 0.3 is 13.1 Å². The van der Waals surface area contributed by atoms with Crippen molar-refractivity contribution in [2.75, 3.05) is 7.11 Å². The molecule has 0 saturated carbocycles. The topological polar surface area (TPSA) is 62.6 Å². The van der Waals surface area contributed by atoms with Gasteiger partial charge in [-0.15, -0.1) is 0 Å². The number of nitrogens with zero attached hydrogens (tertiary/aromatic N) is 2. The standard InChI is InChI=1S/C19H25BN2O4/c1-18(2)19(3,4)26-20(25-18)16(12-17(23)24-5)14-6-8-15(9-7-14)22-11-10-21-13-22/h6-11,13,16H,12H2,1-5H3. The molecule has 0 bridgehead atoms. The van der Waals surface area contributed by atoms with E-state index >= 15 is 0 Å². The predicted molar refractivity (Wildman–Crippen MR) is 99.0 cm³/mol. The summed E-state index contributed by atoms with van der Waals surface area (Å²) in [7, 11) is 0.879. The molecule has 1 aliphatic rings. The van der Waals surface area contributed by atoms with E-state index in [4.69, 9.17) is 14.0 Å². The molecule has 1 aromatic carbocycles. The quantitative estimate of drug-likeness (QED) is 0.608. The lowest BCUT2D eigenvalue weighted by molar-refractivity contribution is -0.140. The summed E-state index contributed by atoms with van der Waals surface area (Å²) in [5.74, 6) is -0.538. The first-order valence-corrected chi connectivity index (χ1v) is 8.74. The number of esters is 1. The molecule has 1 aliphatic heterocycles. The number of methoxy groups -OCH3 is 1. The summed E-state index contributed by atoms with van der Waals surface area (Å²) in [5, 5.41) is 0. The number of imidazole rings is 1. The Bertz CT molecular complexity index is 740. The van der Waals surface area contributed by atoms with Crippen molar-refractivity contribution >= 4 is 13.1 Å². The van der Waals surface area contributed by atoms with E-state index in [1.807, 2.05) is 62.7 Å². The zero-order chi connectivity index (χ0) is 18.9. The zero-order valence-corrected chi connectivity index (χ0v) is 15.9. The van der Waals surface area contributed by atoms with Gasteiger partial charge in [-0.3, -0.25) is 4.79 Å². The van der Waals surface area contributed by atoms with Crippen LogP contribution in [0.5, 0.6) is 0 Å². The number of ether oxygens (including phenoxy) is 1. The number of carbonyl (C=O) groups is 1. The molecule has 7 heteroatoms. The van der Waals surface area contributed by atoms with Crippen LogP contribution in [0.15, 0.2) is 43.0 Å². The summed E-state index contributed by atoms with van der Waals surface area (Å²) in [6, 6.07) is 7.97. The maximum absolute atomic E-state index is 12.0. The predicted octanol–water partition coefficient (Wildman–Crippen LogP) is 3.15. The molecule has 1 fully saturated rings. The number of carbonyl (C=O) groups excluding carboxylic acids is 1. The fourth-order valence-electron chi connectivity index (χ4n) is 2.99. The Hall–Kier alpha value is -2.12. The molecule has 1 atom stereocenters. The Kier molecular flexibility index (Phi) is 4.95. The van der Waals surface area contributed by atoms with E-state index in [0.717, 1.165) is 11.3 Å². The second-order valence-corrected chi connectivity index (χ2v) is 7.57. The van der Waals surface area contributed by atoms with Crippen LogP contribution in [-0.4, -0.2) is 41.0 Å². The van der Waals surface area contributed by atoms with Crippen molar-refractivity contribution in [2.24, 2.45) is 0 Å². The fourth-order valence-corrected chi connectivity index (χ4v) is 2.99. The number of aromatic nitrogens is 2. The summed E-state index contributed by atoms with van der Waals surface area (Å²) < 4.78 is 19.2. The van der Waals surface area contributed by atoms with Gasteiger partial charge in [-0.25, -0.2) is 4.98 Å². The molecular formula is C19H25BN2O4. The van der Waals surface area contributed by atoms with Crippen molar-refractivity contribution in [2.45, 2.75) is 51.1 Å². The summed E-state index contributed by atoms with van der Waals surface area (Å²) in [6.45, 7) is 8.02. The molecule has 0 spiro atoms. The van der Waals surface area contributed by atoms with Crippen LogP contribution >= 0.6 is 0 Å². The molecule has 2 heterocycles. The minimum atomic E-state index is -0.516. The minimum Gasteiger partial charge on any atom is -0.469 e. The first-order valence-electron chi connectivity index (χ1n) is 8.74. The van der Waals surface area contributed by atoms with Gasteiger partial charge in [0.15, 0.2) is 0 Å². The van der Waals surface area contributed by atoms with Gasteiger partial charge in [0.05, 0.1) is 31.1 Å². The molecule has 2 aromatic rings. The Labute approximate surface area is 154 Å².